The number of imide groups is 1. The highest BCUT2D eigenvalue weighted by Gasteiger charge is 2.39. The van der Waals surface area contributed by atoms with E-state index in [4.69, 9.17) is 5.11 Å². The second-order valence-corrected chi connectivity index (χ2v) is 4.32. The highest BCUT2D eigenvalue weighted by molar-refractivity contribution is 6.00. The summed E-state index contributed by atoms with van der Waals surface area (Å²) in [4.78, 5) is 33.3. The van der Waals surface area contributed by atoms with Crippen molar-refractivity contribution >= 4 is 17.8 Å². The number of carbonyl (C=O) groups excluding carboxylic acids is 2. The van der Waals surface area contributed by atoms with Crippen molar-refractivity contribution in [1.82, 2.24) is 10.6 Å². The molecular formula is C10H14N2O4. The molecule has 1 aliphatic heterocycles. The Balaban J connectivity index is 1.94. The van der Waals surface area contributed by atoms with Gasteiger partial charge in [0, 0.05) is 6.42 Å². The first-order valence-electron chi connectivity index (χ1n) is 5.40. The first-order chi connectivity index (χ1) is 7.58. The average Bonchev–Trinajstić information content (AvgIpc) is 2.99. The molecule has 1 aliphatic carbocycles. The van der Waals surface area contributed by atoms with E-state index in [0.717, 1.165) is 12.8 Å². The third-order valence-corrected chi connectivity index (χ3v) is 2.98. The van der Waals surface area contributed by atoms with Crippen molar-refractivity contribution in [1.29, 1.82) is 0 Å². The Morgan fingerprint density at radius 2 is 2.06 bits per heavy atom. The van der Waals surface area contributed by atoms with Crippen molar-refractivity contribution in [2.75, 3.05) is 0 Å². The predicted molar refractivity (Wildman–Crippen MR) is 53.5 cm³/mol. The molecule has 16 heavy (non-hydrogen) atoms. The van der Waals surface area contributed by atoms with Crippen LogP contribution in [-0.2, 0) is 14.4 Å². The molecule has 2 amide bonds. The topological polar surface area (TPSA) is 95.5 Å². The van der Waals surface area contributed by atoms with Crippen LogP contribution in [-0.4, -0.2) is 35.0 Å². The van der Waals surface area contributed by atoms with E-state index in [2.05, 4.69) is 10.6 Å². The van der Waals surface area contributed by atoms with Crippen LogP contribution < -0.4 is 10.6 Å². The van der Waals surface area contributed by atoms with Crippen LogP contribution >= 0.6 is 0 Å². The van der Waals surface area contributed by atoms with E-state index < -0.39 is 24.0 Å². The molecule has 6 heteroatoms. The van der Waals surface area contributed by atoms with Crippen molar-refractivity contribution in [2.24, 2.45) is 5.92 Å². The van der Waals surface area contributed by atoms with E-state index in [1.807, 2.05) is 0 Å². The van der Waals surface area contributed by atoms with Crippen LogP contribution in [0.4, 0.5) is 0 Å². The van der Waals surface area contributed by atoms with Gasteiger partial charge in [0.05, 0.1) is 6.04 Å². The Bertz CT molecular complexity index is 338. The molecule has 88 valence electrons. The fraction of sp³-hybridized carbons (Fsp3) is 0.700. The largest absolute Gasteiger partial charge is 0.480 e. The first kappa shape index (κ1) is 11.1. The number of hydrogen-bond donors (Lipinski definition) is 3. The minimum Gasteiger partial charge on any atom is -0.480 e. The Morgan fingerprint density at radius 1 is 1.38 bits per heavy atom. The van der Waals surface area contributed by atoms with E-state index in [9.17, 15) is 14.4 Å². The van der Waals surface area contributed by atoms with Gasteiger partial charge in [0.25, 0.3) is 0 Å². The summed E-state index contributed by atoms with van der Waals surface area (Å²) in [5.74, 6) is -1.50. The van der Waals surface area contributed by atoms with E-state index in [-0.39, 0.29) is 18.2 Å². The first-order valence-corrected chi connectivity index (χ1v) is 5.40. The lowest BCUT2D eigenvalue weighted by molar-refractivity contribution is -0.141. The molecule has 0 radical (unpaired) electrons. The number of carboxylic acid groups (broad SMARTS) is 1. The van der Waals surface area contributed by atoms with Crippen molar-refractivity contribution in [3.8, 4) is 0 Å². The molecule has 2 unspecified atom stereocenters. The predicted octanol–water partition coefficient (Wildman–Crippen LogP) is -0.756. The van der Waals surface area contributed by atoms with E-state index in [1.165, 1.54) is 0 Å². The molecule has 6 nitrogen and oxygen atoms in total. The fourth-order valence-electron chi connectivity index (χ4n) is 1.91. The molecule has 0 aromatic heterocycles. The van der Waals surface area contributed by atoms with Crippen molar-refractivity contribution in [3.63, 3.8) is 0 Å². The minimum absolute atomic E-state index is 0.128. The highest BCUT2D eigenvalue weighted by Crippen LogP contribution is 2.33. The molecule has 0 aromatic carbocycles. The summed E-state index contributed by atoms with van der Waals surface area (Å²) < 4.78 is 0. The summed E-state index contributed by atoms with van der Waals surface area (Å²) in [6.07, 6.45) is 2.41. The number of nitrogens with one attached hydrogen (secondary N) is 2. The number of carboxylic acids is 1. The third kappa shape index (κ3) is 2.38. The normalized spacial score (nSPS) is 27.4. The second kappa shape index (κ2) is 4.21. The Kier molecular flexibility index (Phi) is 2.91. The third-order valence-electron chi connectivity index (χ3n) is 2.98. The number of amides is 2. The number of hydrogen-bond acceptors (Lipinski definition) is 4. The fourth-order valence-corrected chi connectivity index (χ4v) is 1.91. The van der Waals surface area contributed by atoms with Gasteiger partial charge in [-0.25, -0.2) is 0 Å². The Morgan fingerprint density at radius 3 is 2.56 bits per heavy atom. The van der Waals surface area contributed by atoms with E-state index >= 15 is 0 Å². The summed E-state index contributed by atoms with van der Waals surface area (Å²) in [7, 11) is 0. The summed E-state index contributed by atoms with van der Waals surface area (Å²) in [6.45, 7) is 0. The molecule has 2 rings (SSSR count). The van der Waals surface area contributed by atoms with E-state index in [0.29, 0.717) is 6.42 Å². The lowest BCUT2D eigenvalue weighted by Gasteiger charge is -2.25. The van der Waals surface area contributed by atoms with Crippen LogP contribution in [0.5, 0.6) is 0 Å². The number of rotatable bonds is 4. The van der Waals surface area contributed by atoms with Crippen molar-refractivity contribution < 1.29 is 19.5 Å². The Hall–Kier alpha value is -1.43. The summed E-state index contributed by atoms with van der Waals surface area (Å²) in [5.41, 5.74) is 0. The van der Waals surface area contributed by atoms with Crippen LogP contribution in [0.25, 0.3) is 0 Å². The van der Waals surface area contributed by atoms with Crippen LogP contribution in [0, 0.1) is 5.92 Å². The van der Waals surface area contributed by atoms with Gasteiger partial charge in [-0.2, -0.15) is 0 Å². The zero-order chi connectivity index (χ0) is 11.7. The highest BCUT2D eigenvalue weighted by atomic mass is 16.4. The molecular weight excluding hydrogens is 212 g/mol. The number of aliphatic carboxylic acids is 1. The molecule has 1 saturated carbocycles. The SMILES string of the molecule is O=C1CCC(NC(C(=O)O)C2CC2)C(=O)N1. The van der Waals surface area contributed by atoms with Gasteiger partial charge in [-0.05, 0) is 25.2 Å². The van der Waals surface area contributed by atoms with Crippen LogP contribution in [0.1, 0.15) is 25.7 Å². The molecule has 3 N–H and O–H groups in total. The quantitative estimate of drug-likeness (QED) is 0.548. The van der Waals surface area contributed by atoms with Gasteiger partial charge in [0.1, 0.15) is 6.04 Å². The van der Waals surface area contributed by atoms with Gasteiger partial charge in [-0.15, -0.1) is 0 Å². The van der Waals surface area contributed by atoms with Crippen LogP contribution in [0.15, 0.2) is 0 Å². The van der Waals surface area contributed by atoms with Crippen molar-refractivity contribution in [3.05, 3.63) is 0 Å². The summed E-state index contributed by atoms with van der Waals surface area (Å²) in [6, 6.07) is -1.22. The average molecular weight is 226 g/mol. The van der Waals surface area contributed by atoms with Gasteiger partial charge < -0.3 is 5.11 Å². The van der Waals surface area contributed by atoms with Crippen LogP contribution in [0.3, 0.4) is 0 Å². The molecule has 1 heterocycles. The van der Waals surface area contributed by atoms with Gasteiger partial charge in [-0.1, -0.05) is 0 Å². The molecule has 0 spiro atoms. The standard InChI is InChI=1S/C10H14N2O4/c13-7-4-3-6(9(14)12-7)11-8(10(15)16)5-1-2-5/h5-6,8,11H,1-4H2,(H,15,16)(H,12,13,14). The van der Waals surface area contributed by atoms with Crippen molar-refractivity contribution in [2.45, 2.75) is 37.8 Å². The molecule has 2 fully saturated rings. The summed E-state index contributed by atoms with van der Waals surface area (Å²) in [5, 5.41) is 14.0. The maximum absolute atomic E-state index is 11.4. The number of piperidine rings is 1. The zero-order valence-electron chi connectivity index (χ0n) is 8.73. The molecule has 1 saturated heterocycles. The van der Waals surface area contributed by atoms with Gasteiger partial charge in [0.15, 0.2) is 0 Å². The maximum atomic E-state index is 11.4. The second-order valence-electron chi connectivity index (χ2n) is 4.32. The maximum Gasteiger partial charge on any atom is 0.321 e. The lowest BCUT2D eigenvalue weighted by Crippen LogP contribution is -2.55. The molecule has 0 aromatic rings. The Labute approximate surface area is 92.4 Å². The zero-order valence-corrected chi connectivity index (χ0v) is 8.73. The molecule has 2 aliphatic rings. The van der Waals surface area contributed by atoms with Gasteiger partial charge >= 0.3 is 5.97 Å². The minimum atomic E-state index is -0.924. The molecule has 0 bridgehead atoms. The summed E-state index contributed by atoms with van der Waals surface area (Å²) >= 11 is 0. The number of carbonyl (C=O) groups is 3. The molecule has 2 atom stereocenters. The lowest BCUT2D eigenvalue weighted by atomic mass is 10.0. The van der Waals surface area contributed by atoms with Crippen LogP contribution in [0.2, 0.25) is 0 Å². The van der Waals surface area contributed by atoms with Gasteiger partial charge in [-0.3, -0.25) is 25.0 Å². The van der Waals surface area contributed by atoms with Gasteiger partial charge in [0.2, 0.25) is 11.8 Å². The smallest absolute Gasteiger partial charge is 0.321 e. The van der Waals surface area contributed by atoms with E-state index in [1.54, 1.807) is 0 Å². The monoisotopic (exact) mass is 226 g/mol.